The van der Waals surface area contributed by atoms with Gasteiger partial charge in [-0.2, -0.15) is 0 Å². The number of amides is 1. The number of carbonyl (C=O) groups is 1. The van der Waals surface area contributed by atoms with Gasteiger partial charge in [-0.3, -0.25) is 9.69 Å². The lowest BCUT2D eigenvalue weighted by Gasteiger charge is -2.28. The number of ether oxygens (including phenoxy) is 3. The summed E-state index contributed by atoms with van der Waals surface area (Å²) in [5.41, 5.74) is 3.24. The lowest BCUT2D eigenvalue weighted by Crippen LogP contribution is -2.36. The van der Waals surface area contributed by atoms with Crippen LogP contribution in [0.3, 0.4) is 0 Å². The van der Waals surface area contributed by atoms with Gasteiger partial charge < -0.3 is 19.1 Å². The van der Waals surface area contributed by atoms with E-state index in [0.29, 0.717) is 29.8 Å². The first-order valence-corrected chi connectivity index (χ1v) is 13.8. The molecule has 7 nitrogen and oxygen atoms in total. The smallest absolute Gasteiger partial charge is 0.283 e. The first-order chi connectivity index (χ1) is 18.7. The Morgan fingerprint density at radius 3 is 2.29 bits per heavy atom. The quantitative estimate of drug-likeness (QED) is 0.270. The molecule has 196 valence electrons. The maximum atomic E-state index is 13.5. The Kier molecular flexibility index (Phi) is 8.63. The molecule has 0 unspecified atom stereocenters. The summed E-state index contributed by atoms with van der Waals surface area (Å²) in [5, 5.41) is 0.631. The SMILES string of the molecule is CCOc1ccc(N2C(=O)C(=Cc3ccc(N4CCOCC4)cc3)N=C2SCCOc2ccccc2)cc1. The van der Waals surface area contributed by atoms with Crippen molar-refractivity contribution in [2.24, 2.45) is 4.99 Å². The van der Waals surface area contributed by atoms with Crippen molar-refractivity contribution in [1.29, 1.82) is 0 Å². The Morgan fingerprint density at radius 1 is 0.895 bits per heavy atom. The van der Waals surface area contributed by atoms with Gasteiger partial charge in [0.25, 0.3) is 5.91 Å². The molecule has 3 aromatic carbocycles. The number of carbonyl (C=O) groups excluding carboxylic acids is 1. The van der Waals surface area contributed by atoms with E-state index in [2.05, 4.69) is 17.0 Å². The number of rotatable bonds is 9. The second-order valence-corrected chi connectivity index (χ2v) is 9.75. The molecule has 5 rings (SSSR count). The van der Waals surface area contributed by atoms with Gasteiger partial charge in [0.1, 0.15) is 17.2 Å². The van der Waals surface area contributed by atoms with Crippen LogP contribution >= 0.6 is 11.8 Å². The Labute approximate surface area is 227 Å². The van der Waals surface area contributed by atoms with Crippen molar-refractivity contribution in [2.45, 2.75) is 6.92 Å². The average Bonchev–Trinajstić information content (AvgIpc) is 3.27. The second kappa shape index (κ2) is 12.7. The van der Waals surface area contributed by atoms with E-state index >= 15 is 0 Å². The molecular weight excluding hydrogens is 498 g/mol. The van der Waals surface area contributed by atoms with Gasteiger partial charge in [-0.1, -0.05) is 42.1 Å². The topological polar surface area (TPSA) is 63.6 Å². The summed E-state index contributed by atoms with van der Waals surface area (Å²) in [6.07, 6.45) is 1.85. The number of hydrogen-bond acceptors (Lipinski definition) is 7. The number of aliphatic imine (C=N–C) groups is 1. The molecule has 38 heavy (non-hydrogen) atoms. The summed E-state index contributed by atoms with van der Waals surface area (Å²) in [4.78, 5) is 22.3. The molecule has 0 atom stereocenters. The first kappa shape index (κ1) is 25.9. The van der Waals surface area contributed by atoms with Crippen molar-refractivity contribution in [3.05, 3.63) is 90.1 Å². The molecule has 8 heteroatoms. The van der Waals surface area contributed by atoms with E-state index in [0.717, 1.165) is 54.7 Å². The number of nitrogens with zero attached hydrogens (tertiary/aromatic N) is 3. The van der Waals surface area contributed by atoms with E-state index < -0.39 is 0 Å². The highest BCUT2D eigenvalue weighted by Crippen LogP contribution is 2.31. The van der Waals surface area contributed by atoms with Gasteiger partial charge in [0.15, 0.2) is 5.17 Å². The summed E-state index contributed by atoms with van der Waals surface area (Å²) in [6, 6.07) is 25.5. The van der Waals surface area contributed by atoms with Crippen molar-refractivity contribution in [1.82, 2.24) is 0 Å². The fraction of sp³-hybridized carbons (Fsp3) is 0.267. The monoisotopic (exact) mass is 529 g/mol. The Bertz CT molecular complexity index is 1270. The zero-order valence-electron chi connectivity index (χ0n) is 21.4. The third kappa shape index (κ3) is 6.38. The Morgan fingerprint density at radius 2 is 1.58 bits per heavy atom. The minimum Gasteiger partial charge on any atom is -0.494 e. The molecule has 0 spiro atoms. The van der Waals surface area contributed by atoms with Gasteiger partial charge >= 0.3 is 0 Å². The van der Waals surface area contributed by atoms with Crippen molar-refractivity contribution in [3.63, 3.8) is 0 Å². The first-order valence-electron chi connectivity index (χ1n) is 12.8. The summed E-state index contributed by atoms with van der Waals surface area (Å²) >= 11 is 1.50. The fourth-order valence-corrected chi connectivity index (χ4v) is 5.08. The van der Waals surface area contributed by atoms with E-state index in [-0.39, 0.29) is 5.91 Å². The van der Waals surface area contributed by atoms with E-state index in [1.807, 2.05) is 79.7 Å². The largest absolute Gasteiger partial charge is 0.494 e. The Hall–Kier alpha value is -3.75. The molecule has 0 aromatic heterocycles. The number of amidine groups is 1. The van der Waals surface area contributed by atoms with Gasteiger partial charge in [0.2, 0.25) is 0 Å². The highest BCUT2D eigenvalue weighted by atomic mass is 32.2. The average molecular weight is 530 g/mol. The van der Waals surface area contributed by atoms with Crippen molar-refractivity contribution in [3.8, 4) is 11.5 Å². The number of hydrogen-bond donors (Lipinski definition) is 0. The number of morpholine rings is 1. The van der Waals surface area contributed by atoms with Crippen LogP contribution in [0.5, 0.6) is 11.5 Å². The summed E-state index contributed by atoms with van der Waals surface area (Å²) < 4.78 is 16.9. The maximum absolute atomic E-state index is 13.5. The number of benzene rings is 3. The predicted molar refractivity (Wildman–Crippen MR) is 154 cm³/mol. The summed E-state index contributed by atoms with van der Waals surface area (Å²) in [5.74, 6) is 2.08. The fourth-order valence-electron chi connectivity index (χ4n) is 4.25. The molecule has 1 amide bonds. The molecule has 0 aliphatic carbocycles. The van der Waals surface area contributed by atoms with E-state index in [4.69, 9.17) is 19.2 Å². The van der Waals surface area contributed by atoms with Crippen LogP contribution in [0.25, 0.3) is 6.08 Å². The molecule has 0 saturated carbocycles. The molecule has 0 N–H and O–H groups in total. The maximum Gasteiger partial charge on any atom is 0.283 e. The van der Waals surface area contributed by atoms with Crippen molar-refractivity contribution in [2.75, 3.05) is 55.1 Å². The third-order valence-corrected chi connectivity index (χ3v) is 7.04. The van der Waals surface area contributed by atoms with Crippen LogP contribution in [0, 0.1) is 0 Å². The molecule has 2 aliphatic heterocycles. The lowest BCUT2D eigenvalue weighted by atomic mass is 10.1. The van der Waals surface area contributed by atoms with E-state index in [1.54, 1.807) is 4.90 Å². The summed E-state index contributed by atoms with van der Waals surface area (Å²) in [7, 11) is 0. The second-order valence-electron chi connectivity index (χ2n) is 8.69. The normalized spacial score (nSPS) is 16.6. The number of thioether (sulfide) groups is 1. The van der Waals surface area contributed by atoms with Crippen LogP contribution < -0.4 is 19.3 Å². The molecular formula is C30H31N3O4S. The van der Waals surface area contributed by atoms with Crippen LogP contribution in [-0.4, -0.2) is 56.3 Å². The zero-order valence-corrected chi connectivity index (χ0v) is 22.2. The number of para-hydroxylation sites is 1. The van der Waals surface area contributed by atoms with Crippen LogP contribution in [-0.2, 0) is 9.53 Å². The van der Waals surface area contributed by atoms with Gasteiger partial charge in [-0.15, -0.1) is 0 Å². The minimum absolute atomic E-state index is 0.155. The van der Waals surface area contributed by atoms with Gasteiger partial charge in [0, 0.05) is 24.5 Å². The standard InChI is InChI=1S/C30H31N3O4S/c1-2-36-27-14-12-25(13-15-27)33-29(34)28(31-30(33)38-21-20-37-26-6-4-3-5-7-26)22-23-8-10-24(11-9-23)32-16-18-35-19-17-32/h3-15,22H,2,16-21H2,1H3. The van der Waals surface area contributed by atoms with Crippen molar-refractivity contribution >= 4 is 40.3 Å². The molecule has 2 heterocycles. The molecule has 0 bridgehead atoms. The van der Waals surface area contributed by atoms with Gasteiger partial charge in [-0.25, -0.2) is 4.99 Å². The third-order valence-electron chi connectivity index (χ3n) is 6.13. The van der Waals surface area contributed by atoms with Crippen molar-refractivity contribution < 1.29 is 19.0 Å². The highest BCUT2D eigenvalue weighted by molar-refractivity contribution is 8.14. The lowest BCUT2D eigenvalue weighted by molar-refractivity contribution is -0.113. The van der Waals surface area contributed by atoms with E-state index in [1.165, 1.54) is 11.8 Å². The van der Waals surface area contributed by atoms with Crippen LogP contribution in [0.15, 0.2) is 89.6 Å². The summed E-state index contributed by atoms with van der Waals surface area (Å²) in [6.45, 7) is 6.29. The zero-order chi connectivity index (χ0) is 26.2. The molecule has 1 saturated heterocycles. The Balaban J connectivity index is 1.33. The van der Waals surface area contributed by atoms with Gasteiger partial charge in [-0.05, 0) is 67.1 Å². The molecule has 0 radical (unpaired) electrons. The molecule has 1 fully saturated rings. The predicted octanol–water partition coefficient (Wildman–Crippen LogP) is 5.48. The van der Waals surface area contributed by atoms with Crippen LogP contribution in [0.2, 0.25) is 0 Å². The van der Waals surface area contributed by atoms with Crippen LogP contribution in [0.1, 0.15) is 12.5 Å². The number of anilines is 2. The molecule has 2 aliphatic rings. The minimum atomic E-state index is -0.155. The van der Waals surface area contributed by atoms with E-state index in [9.17, 15) is 4.79 Å². The van der Waals surface area contributed by atoms with Gasteiger partial charge in [0.05, 0.1) is 32.1 Å². The highest BCUT2D eigenvalue weighted by Gasteiger charge is 2.32. The van der Waals surface area contributed by atoms with Crippen LogP contribution in [0.4, 0.5) is 11.4 Å². The molecule has 3 aromatic rings.